The van der Waals surface area contributed by atoms with Crippen molar-refractivity contribution in [1.29, 1.82) is 0 Å². The van der Waals surface area contributed by atoms with Gasteiger partial charge in [0.1, 0.15) is 11.5 Å². The fourth-order valence-corrected chi connectivity index (χ4v) is 1.83. The molecule has 0 amide bonds. The van der Waals surface area contributed by atoms with Crippen LogP contribution < -0.4 is 0 Å². The number of nitrogens with zero attached hydrogens (tertiary/aromatic N) is 2. The van der Waals surface area contributed by atoms with Gasteiger partial charge in [-0.1, -0.05) is 17.7 Å². The summed E-state index contributed by atoms with van der Waals surface area (Å²) in [6.45, 7) is 0. The molecule has 68 valence electrons. The molecular formula is C10H11ClN2. The summed E-state index contributed by atoms with van der Waals surface area (Å²) in [5.41, 5.74) is 2.31. The van der Waals surface area contributed by atoms with Crippen molar-refractivity contribution in [2.45, 2.75) is 25.7 Å². The highest BCUT2D eigenvalue weighted by atomic mass is 35.5. The molecule has 0 spiro atoms. The van der Waals surface area contributed by atoms with Gasteiger partial charge in [0, 0.05) is 11.8 Å². The van der Waals surface area contributed by atoms with E-state index in [0.717, 1.165) is 18.4 Å². The highest BCUT2D eigenvalue weighted by Crippen LogP contribution is 2.29. The van der Waals surface area contributed by atoms with E-state index >= 15 is 0 Å². The van der Waals surface area contributed by atoms with Gasteiger partial charge in [0.2, 0.25) is 0 Å². The van der Waals surface area contributed by atoms with Crippen LogP contribution in [-0.2, 0) is 0 Å². The van der Waals surface area contributed by atoms with Gasteiger partial charge >= 0.3 is 0 Å². The molecule has 2 nitrogen and oxygen atoms in total. The van der Waals surface area contributed by atoms with Crippen molar-refractivity contribution >= 4 is 17.2 Å². The maximum absolute atomic E-state index is 5.97. The number of hydrogen-bond acceptors (Lipinski definition) is 2. The Bertz CT molecular complexity index is 333. The molecule has 0 N–H and O–H groups in total. The van der Waals surface area contributed by atoms with Crippen LogP contribution in [0.4, 0.5) is 0 Å². The van der Waals surface area contributed by atoms with Crippen LogP contribution in [0.2, 0.25) is 5.15 Å². The van der Waals surface area contributed by atoms with Gasteiger partial charge in [0.15, 0.2) is 0 Å². The minimum absolute atomic E-state index is 0.572. The van der Waals surface area contributed by atoms with E-state index in [9.17, 15) is 0 Å². The fraction of sp³-hybridized carbons (Fsp3) is 0.400. The Morgan fingerprint density at radius 1 is 1.31 bits per heavy atom. The average molecular weight is 195 g/mol. The van der Waals surface area contributed by atoms with Crippen molar-refractivity contribution in [2.75, 3.05) is 0 Å². The molecule has 1 aliphatic carbocycles. The predicted molar refractivity (Wildman–Crippen MR) is 53.5 cm³/mol. The Hall–Kier alpha value is -0.890. The molecule has 0 saturated heterocycles. The Morgan fingerprint density at radius 3 is 2.92 bits per heavy atom. The smallest absolute Gasteiger partial charge is 0.139 e. The molecule has 1 aromatic rings. The summed E-state index contributed by atoms with van der Waals surface area (Å²) in [5.74, 6) is 0. The molecule has 1 aromatic heterocycles. The van der Waals surface area contributed by atoms with Crippen molar-refractivity contribution in [3.8, 4) is 0 Å². The summed E-state index contributed by atoms with van der Waals surface area (Å²) >= 11 is 5.97. The molecule has 0 saturated carbocycles. The van der Waals surface area contributed by atoms with Crippen LogP contribution in [0.25, 0.3) is 5.57 Å². The lowest BCUT2D eigenvalue weighted by Gasteiger charge is -2.12. The van der Waals surface area contributed by atoms with Crippen LogP contribution in [0.15, 0.2) is 18.6 Å². The normalized spacial score (nSPS) is 16.8. The van der Waals surface area contributed by atoms with Gasteiger partial charge in [-0.3, -0.25) is 0 Å². The summed E-state index contributed by atoms with van der Waals surface area (Å²) in [6.07, 6.45) is 10.3. The Balaban J connectivity index is 2.34. The SMILES string of the molecule is Clc1ncncc1C1=CCCCC1. The van der Waals surface area contributed by atoms with E-state index in [1.54, 1.807) is 6.20 Å². The molecule has 1 heterocycles. The van der Waals surface area contributed by atoms with E-state index in [1.165, 1.54) is 24.7 Å². The summed E-state index contributed by atoms with van der Waals surface area (Å²) < 4.78 is 0. The first-order valence-corrected chi connectivity index (χ1v) is 4.90. The molecule has 0 aromatic carbocycles. The number of rotatable bonds is 1. The average Bonchev–Trinajstić information content (AvgIpc) is 2.20. The molecule has 0 bridgehead atoms. The van der Waals surface area contributed by atoms with Gasteiger partial charge in [-0.25, -0.2) is 9.97 Å². The molecule has 3 heteroatoms. The van der Waals surface area contributed by atoms with Crippen molar-refractivity contribution in [2.24, 2.45) is 0 Å². The van der Waals surface area contributed by atoms with Crippen LogP contribution in [0.1, 0.15) is 31.2 Å². The molecule has 0 fully saturated rings. The van der Waals surface area contributed by atoms with Gasteiger partial charge in [-0.15, -0.1) is 0 Å². The number of aromatic nitrogens is 2. The molecule has 0 radical (unpaired) electrons. The Labute approximate surface area is 82.7 Å². The van der Waals surface area contributed by atoms with Crippen LogP contribution >= 0.6 is 11.6 Å². The molecule has 0 unspecified atom stereocenters. The van der Waals surface area contributed by atoms with E-state index in [2.05, 4.69) is 16.0 Å². The first-order chi connectivity index (χ1) is 6.38. The second kappa shape index (κ2) is 3.88. The maximum atomic E-state index is 5.97. The van der Waals surface area contributed by atoms with Crippen molar-refractivity contribution in [3.05, 3.63) is 29.3 Å². The molecule has 1 aliphatic rings. The lowest BCUT2D eigenvalue weighted by molar-refractivity contribution is 0.741. The Kier molecular flexibility index (Phi) is 2.60. The fourth-order valence-electron chi connectivity index (χ4n) is 1.61. The second-order valence-electron chi connectivity index (χ2n) is 3.20. The standard InChI is InChI=1S/C10H11ClN2/c11-10-9(6-12-7-13-10)8-4-2-1-3-5-8/h4,6-7H,1-3,5H2. The van der Waals surface area contributed by atoms with Crippen molar-refractivity contribution in [1.82, 2.24) is 9.97 Å². The van der Waals surface area contributed by atoms with Gasteiger partial charge in [0.25, 0.3) is 0 Å². The zero-order valence-corrected chi connectivity index (χ0v) is 8.09. The summed E-state index contributed by atoms with van der Waals surface area (Å²) in [7, 11) is 0. The zero-order valence-electron chi connectivity index (χ0n) is 7.33. The van der Waals surface area contributed by atoms with E-state index in [0.29, 0.717) is 5.15 Å². The minimum atomic E-state index is 0.572. The lowest BCUT2D eigenvalue weighted by atomic mass is 9.95. The van der Waals surface area contributed by atoms with Gasteiger partial charge in [0.05, 0.1) is 0 Å². The third kappa shape index (κ3) is 1.89. The molecule has 0 aliphatic heterocycles. The molecule has 0 atom stereocenters. The summed E-state index contributed by atoms with van der Waals surface area (Å²) in [5, 5.41) is 0.572. The molecule has 2 rings (SSSR count). The number of halogens is 1. The minimum Gasteiger partial charge on any atom is -0.244 e. The lowest BCUT2D eigenvalue weighted by Crippen LogP contribution is -1.94. The molecule has 13 heavy (non-hydrogen) atoms. The first kappa shape index (κ1) is 8.70. The zero-order chi connectivity index (χ0) is 9.10. The van der Waals surface area contributed by atoms with Gasteiger partial charge < -0.3 is 0 Å². The van der Waals surface area contributed by atoms with E-state index in [1.807, 2.05) is 0 Å². The molecular weight excluding hydrogens is 184 g/mol. The van der Waals surface area contributed by atoms with Crippen molar-refractivity contribution < 1.29 is 0 Å². The predicted octanol–water partition coefficient (Wildman–Crippen LogP) is 3.09. The quantitative estimate of drug-likeness (QED) is 0.643. The maximum Gasteiger partial charge on any atom is 0.139 e. The highest BCUT2D eigenvalue weighted by Gasteiger charge is 2.09. The van der Waals surface area contributed by atoms with E-state index < -0.39 is 0 Å². The number of hydrogen-bond donors (Lipinski definition) is 0. The van der Waals surface area contributed by atoms with Crippen LogP contribution in [0.5, 0.6) is 0 Å². The van der Waals surface area contributed by atoms with Crippen LogP contribution in [0.3, 0.4) is 0 Å². The van der Waals surface area contributed by atoms with Crippen molar-refractivity contribution in [3.63, 3.8) is 0 Å². The largest absolute Gasteiger partial charge is 0.244 e. The van der Waals surface area contributed by atoms with Crippen LogP contribution in [0, 0.1) is 0 Å². The van der Waals surface area contributed by atoms with Crippen LogP contribution in [-0.4, -0.2) is 9.97 Å². The van der Waals surface area contributed by atoms with E-state index in [4.69, 9.17) is 11.6 Å². The third-order valence-corrected chi connectivity index (χ3v) is 2.60. The van der Waals surface area contributed by atoms with Gasteiger partial charge in [-0.2, -0.15) is 0 Å². The monoisotopic (exact) mass is 194 g/mol. The third-order valence-electron chi connectivity index (χ3n) is 2.30. The first-order valence-electron chi connectivity index (χ1n) is 4.53. The topological polar surface area (TPSA) is 25.8 Å². The second-order valence-corrected chi connectivity index (χ2v) is 3.56. The summed E-state index contributed by atoms with van der Waals surface area (Å²) in [6, 6.07) is 0. The highest BCUT2D eigenvalue weighted by molar-refractivity contribution is 6.31. The Morgan fingerprint density at radius 2 is 2.23 bits per heavy atom. The number of allylic oxidation sites excluding steroid dienone is 2. The van der Waals surface area contributed by atoms with Gasteiger partial charge in [-0.05, 0) is 31.3 Å². The van der Waals surface area contributed by atoms with E-state index in [-0.39, 0.29) is 0 Å². The summed E-state index contributed by atoms with van der Waals surface area (Å²) in [4.78, 5) is 7.95.